The number of aliphatic hydroxyl groups is 1. The second-order valence-corrected chi connectivity index (χ2v) is 8.77. The zero-order chi connectivity index (χ0) is 25.7. The van der Waals surface area contributed by atoms with E-state index in [1.165, 1.54) is 20.3 Å². The molecule has 5 rings (SSSR count). The minimum absolute atomic E-state index is 0.00387. The first-order valence-electron chi connectivity index (χ1n) is 10.7. The quantitative estimate of drug-likeness (QED) is 0.202. The number of anilines is 1. The molecule has 3 heterocycles. The van der Waals surface area contributed by atoms with Gasteiger partial charge in [-0.05, 0) is 37.3 Å². The molecule has 0 spiro atoms. The van der Waals surface area contributed by atoms with Crippen LogP contribution < -0.4 is 14.4 Å². The van der Waals surface area contributed by atoms with Gasteiger partial charge in [0.2, 0.25) is 5.95 Å². The van der Waals surface area contributed by atoms with Crippen molar-refractivity contribution in [2.75, 3.05) is 19.1 Å². The number of aliphatic hydroxyl groups excluding tert-OH is 1. The molecule has 4 aromatic rings. The number of carbonyl (C=O) groups excluding carboxylic acids is 2. The number of ether oxygens (including phenoxy) is 2. The summed E-state index contributed by atoms with van der Waals surface area (Å²) in [5.74, 6) is -1.33. The molecular formula is C25H19Cl2N3O6. The van der Waals surface area contributed by atoms with Crippen LogP contribution in [0.4, 0.5) is 5.95 Å². The smallest absolute Gasteiger partial charge is 0.302 e. The molecule has 2 aromatic carbocycles. The molecule has 1 aliphatic rings. The molecule has 1 fully saturated rings. The van der Waals surface area contributed by atoms with Gasteiger partial charge in [-0.1, -0.05) is 35.3 Å². The number of nitrogens with one attached hydrogen (secondary N) is 1. The highest BCUT2D eigenvalue weighted by atomic mass is 35.5. The number of hydrogen-bond acceptors (Lipinski definition) is 7. The van der Waals surface area contributed by atoms with E-state index in [0.717, 1.165) is 4.90 Å². The second-order valence-electron chi connectivity index (χ2n) is 7.98. The lowest BCUT2D eigenvalue weighted by atomic mass is 9.98. The maximum absolute atomic E-state index is 13.4. The number of para-hydroxylation sites is 2. The van der Waals surface area contributed by atoms with Crippen molar-refractivity contribution >= 4 is 57.6 Å². The average Bonchev–Trinajstić information content (AvgIpc) is 3.54. The van der Waals surface area contributed by atoms with Gasteiger partial charge in [-0.15, -0.1) is 0 Å². The molecule has 184 valence electrons. The number of hydrogen-bond donors (Lipinski definition) is 2. The molecule has 2 N–H and O–H groups in total. The number of furan rings is 1. The summed E-state index contributed by atoms with van der Waals surface area (Å²) in [5, 5.41) is 11.5. The highest BCUT2D eigenvalue weighted by molar-refractivity contribution is 6.51. The Balaban J connectivity index is 1.77. The number of ketones is 1. The van der Waals surface area contributed by atoms with Crippen LogP contribution in [0.25, 0.3) is 16.8 Å². The number of benzene rings is 2. The van der Waals surface area contributed by atoms with Crippen molar-refractivity contribution in [3.05, 3.63) is 75.2 Å². The minimum atomic E-state index is -1.14. The van der Waals surface area contributed by atoms with E-state index < -0.39 is 23.5 Å². The molecular weight excluding hydrogens is 509 g/mol. The van der Waals surface area contributed by atoms with E-state index in [-0.39, 0.29) is 44.4 Å². The first-order chi connectivity index (χ1) is 17.3. The van der Waals surface area contributed by atoms with Gasteiger partial charge in [-0.2, -0.15) is 0 Å². The molecule has 11 heteroatoms. The van der Waals surface area contributed by atoms with Crippen molar-refractivity contribution in [2.45, 2.75) is 13.0 Å². The van der Waals surface area contributed by atoms with Crippen LogP contribution in [0, 0.1) is 6.92 Å². The van der Waals surface area contributed by atoms with E-state index in [9.17, 15) is 14.7 Å². The van der Waals surface area contributed by atoms with Crippen molar-refractivity contribution in [3.8, 4) is 11.5 Å². The lowest BCUT2D eigenvalue weighted by Gasteiger charge is -2.21. The number of carbonyl (C=O) groups is 2. The van der Waals surface area contributed by atoms with Crippen LogP contribution in [0.15, 0.2) is 52.5 Å². The Morgan fingerprint density at radius 2 is 1.83 bits per heavy atom. The zero-order valence-electron chi connectivity index (χ0n) is 19.3. The van der Waals surface area contributed by atoms with E-state index in [1.54, 1.807) is 37.3 Å². The number of rotatable bonds is 5. The molecule has 1 aliphatic heterocycles. The number of aromatic nitrogens is 2. The SMILES string of the molecule is COc1c(Cl)cc(/C(O)=C2\C(=O)C(=O)N(c3nc4ccccc4[nH]3)C2c2ccc(C)o2)c(OC)c1Cl. The summed E-state index contributed by atoms with van der Waals surface area (Å²) in [5.41, 5.74) is 1.02. The Bertz CT molecular complexity index is 1540. The van der Waals surface area contributed by atoms with Crippen LogP contribution in [0.2, 0.25) is 10.0 Å². The van der Waals surface area contributed by atoms with Crippen molar-refractivity contribution in [2.24, 2.45) is 0 Å². The number of methoxy groups -OCH3 is 2. The van der Waals surface area contributed by atoms with Crippen LogP contribution in [0.5, 0.6) is 11.5 Å². The standard InChI is InChI=1S/C25H19Cl2N3O6/c1-11-8-9-16(36-11)19-17(20(31)12-10-13(26)23(35-3)18(27)22(12)34-2)21(32)24(33)30(19)25-28-14-6-4-5-7-15(14)29-25/h4-10,19,31H,1-3H3,(H,28,29)/b20-17+. The number of amides is 1. The Labute approximate surface area is 214 Å². The summed E-state index contributed by atoms with van der Waals surface area (Å²) in [6.45, 7) is 1.73. The van der Waals surface area contributed by atoms with Gasteiger partial charge in [0.1, 0.15) is 28.3 Å². The Hall–Kier alpha value is -3.95. The third kappa shape index (κ3) is 3.59. The molecule has 1 amide bonds. The van der Waals surface area contributed by atoms with Crippen LogP contribution in [-0.2, 0) is 9.59 Å². The maximum atomic E-state index is 13.4. The average molecular weight is 528 g/mol. The number of aromatic amines is 1. The third-order valence-electron chi connectivity index (χ3n) is 5.87. The molecule has 0 aliphatic carbocycles. The lowest BCUT2D eigenvalue weighted by Crippen LogP contribution is -2.30. The van der Waals surface area contributed by atoms with E-state index >= 15 is 0 Å². The maximum Gasteiger partial charge on any atom is 0.302 e. The van der Waals surface area contributed by atoms with Gasteiger partial charge in [-0.25, -0.2) is 4.98 Å². The number of halogens is 2. The van der Waals surface area contributed by atoms with E-state index in [4.69, 9.17) is 37.1 Å². The Morgan fingerprint density at radius 1 is 1.11 bits per heavy atom. The molecule has 1 atom stereocenters. The fraction of sp³-hybridized carbons (Fsp3) is 0.160. The van der Waals surface area contributed by atoms with E-state index in [0.29, 0.717) is 16.8 Å². The van der Waals surface area contributed by atoms with Crippen molar-refractivity contribution < 1.29 is 28.6 Å². The fourth-order valence-corrected chi connectivity index (χ4v) is 4.95. The van der Waals surface area contributed by atoms with Gasteiger partial charge in [-0.3, -0.25) is 14.5 Å². The Kier molecular flexibility index (Phi) is 5.89. The first-order valence-corrected chi connectivity index (χ1v) is 11.4. The summed E-state index contributed by atoms with van der Waals surface area (Å²) in [6, 6.07) is 10.7. The molecule has 0 saturated carbocycles. The van der Waals surface area contributed by atoms with E-state index in [2.05, 4.69) is 9.97 Å². The molecule has 36 heavy (non-hydrogen) atoms. The Morgan fingerprint density at radius 3 is 2.47 bits per heavy atom. The lowest BCUT2D eigenvalue weighted by molar-refractivity contribution is -0.132. The zero-order valence-corrected chi connectivity index (χ0v) is 20.8. The molecule has 9 nitrogen and oxygen atoms in total. The monoisotopic (exact) mass is 527 g/mol. The molecule has 0 bridgehead atoms. The van der Waals surface area contributed by atoms with Gasteiger partial charge in [0.15, 0.2) is 11.5 Å². The first kappa shape index (κ1) is 23.8. The number of imidazole rings is 1. The van der Waals surface area contributed by atoms with E-state index in [1.807, 2.05) is 6.07 Å². The predicted octanol–water partition coefficient (Wildman–Crippen LogP) is 5.41. The van der Waals surface area contributed by atoms with Crippen molar-refractivity contribution in [1.82, 2.24) is 9.97 Å². The van der Waals surface area contributed by atoms with Gasteiger partial charge >= 0.3 is 5.91 Å². The summed E-state index contributed by atoms with van der Waals surface area (Å²) in [7, 11) is 2.72. The molecule has 0 radical (unpaired) electrons. The van der Waals surface area contributed by atoms with Gasteiger partial charge < -0.3 is 24.0 Å². The minimum Gasteiger partial charge on any atom is -0.507 e. The van der Waals surface area contributed by atoms with Crippen molar-refractivity contribution in [1.29, 1.82) is 0 Å². The summed E-state index contributed by atoms with van der Waals surface area (Å²) < 4.78 is 16.4. The van der Waals surface area contributed by atoms with Crippen molar-refractivity contribution in [3.63, 3.8) is 0 Å². The van der Waals surface area contributed by atoms with Crippen LogP contribution >= 0.6 is 23.2 Å². The highest BCUT2D eigenvalue weighted by Crippen LogP contribution is 2.48. The highest BCUT2D eigenvalue weighted by Gasteiger charge is 2.50. The summed E-state index contributed by atoms with van der Waals surface area (Å²) in [6.07, 6.45) is 0. The normalized spacial score (nSPS) is 17.2. The van der Waals surface area contributed by atoms with Gasteiger partial charge in [0, 0.05) is 0 Å². The summed E-state index contributed by atoms with van der Waals surface area (Å²) >= 11 is 12.7. The summed E-state index contributed by atoms with van der Waals surface area (Å²) in [4.78, 5) is 35.4. The van der Waals surface area contributed by atoms with Crippen LogP contribution in [0.3, 0.4) is 0 Å². The third-order valence-corrected chi connectivity index (χ3v) is 6.50. The number of aryl methyl sites for hydroxylation is 1. The number of fused-ring (bicyclic) bond motifs is 1. The van der Waals surface area contributed by atoms with Crippen LogP contribution in [-0.4, -0.2) is 41.0 Å². The topological polar surface area (TPSA) is 118 Å². The number of nitrogens with zero attached hydrogens (tertiary/aromatic N) is 2. The number of H-pyrrole nitrogens is 1. The largest absolute Gasteiger partial charge is 0.507 e. The predicted molar refractivity (Wildman–Crippen MR) is 134 cm³/mol. The second kappa shape index (κ2) is 8.92. The molecule has 2 aromatic heterocycles. The van der Waals surface area contributed by atoms with Gasteiger partial charge in [0.25, 0.3) is 5.78 Å². The van der Waals surface area contributed by atoms with Crippen LogP contribution in [0.1, 0.15) is 23.1 Å². The number of Topliss-reactive ketones (excluding diaryl/α,β-unsaturated/α-hetero) is 1. The van der Waals surface area contributed by atoms with Gasteiger partial charge in [0.05, 0.1) is 41.4 Å². The fourth-order valence-electron chi connectivity index (χ4n) is 4.27. The molecule has 1 unspecified atom stereocenters. The molecule has 1 saturated heterocycles.